The number of nitrogens with one attached hydrogen (secondary N) is 1. The number of carbonyl (C=O) groups excluding carboxylic acids is 1. The summed E-state index contributed by atoms with van der Waals surface area (Å²) in [7, 11) is 0. The second-order valence-electron chi connectivity index (χ2n) is 5.30. The summed E-state index contributed by atoms with van der Waals surface area (Å²) in [6, 6.07) is 5.39. The minimum Gasteiger partial charge on any atom is -0.353 e. The average Bonchev–Trinajstić information content (AvgIpc) is 2.86. The number of hydrogen-bond donors (Lipinski definition) is 1. The Kier molecular flexibility index (Phi) is 3.66. The zero-order valence-corrected chi connectivity index (χ0v) is 11.4. The molecular weight excluding hydrogens is 244 g/mol. The normalized spacial score (nSPS) is 24.3. The minimum absolute atomic E-state index is 0.231. The molecule has 1 aliphatic carbocycles. The molecule has 18 heavy (non-hydrogen) atoms. The van der Waals surface area contributed by atoms with Crippen molar-refractivity contribution in [2.24, 2.45) is 0 Å². The van der Waals surface area contributed by atoms with E-state index in [0.29, 0.717) is 18.5 Å². The zero-order valence-electron chi connectivity index (χ0n) is 10.6. The van der Waals surface area contributed by atoms with Gasteiger partial charge in [-0.25, -0.2) is 0 Å². The highest BCUT2D eigenvalue weighted by molar-refractivity contribution is 7.10. The molecule has 0 aromatic carbocycles. The summed E-state index contributed by atoms with van der Waals surface area (Å²) < 4.78 is 0. The van der Waals surface area contributed by atoms with Gasteiger partial charge in [-0.1, -0.05) is 6.07 Å². The van der Waals surface area contributed by atoms with Crippen molar-refractivity contribution in [3.05, 3.63) is 22.4 Å². The molecule has 0 unspecified atom stereocenters. The van der Waals surface area contributed by atoms with Gasteiger partial charge in [-0.15, -0.1) is 11.3 Å². The monoisotopic (exact) mass is 264 g/mol. The molecule has 1 saturated carbocycles. The van der Waals surface area contributed by atoms with Crippen LogP contribution in [0.1, 0.15) is 43.0 Å². The fraction of sp³-hybridized carbons (Fsp3) is 0.643. The van der Waals surface area contributed by atoms with E-state index in [1.165, 1.54) is 30.6 Å². The molecule has 1 aliphatic heterocycles. The van der Waals surface area contributed by atoms with Gasteiger partial charge >= 0.3 is 0 Å². The van der Waals surface area contributed by atoms with Crippen LogP contribution in [0.2, 0.25) is 0 Å². The lowest BCUT2D eigenvalue weighted by atomic mass is 10.2. The van der Waals surface area contributed by atoms with E-state index in [9.17, 15) is 4.79 Å². The molecule has 1 aromatic rings. The van der Waals surface area contributed by atoms with Crippen LogP contribution in [0.25, 0.3) is 0 Å². The van der Waals surface area contributed by atoms with Gasteiger partial charge in [-0.05, 0) is 43.7 Å². The van der Waals surface area contributed by atoms with Crippen molar-refractivity contribution in [3.8, 4) is 0 Å². The topological polar surface area (TPSA) is 32.3 Å². The molecule has 1 amide bonds. The summed E-state index contributed by atoms with van der Waals surface area (Å²) in [4.78, 5) is 15.6. The standard InChI is InChI=1S/C14H20N2OS/c17-14(15-11-5-6-11)7-9-16-8-1-3-12(16)13-4-2-10-18-13/h2,4,10-12H,1,3,5-9H2,(H,15,17)/t12-/m0/s1. The molecule has 1 aromatic heterocycles. The van der Waals surface area contributed by atoms with Crippen molar-refractivity contribution in [2.45, 2.75) is 44.2 Å². The Morgan fingerprint density at radius 2 is 2.33 bits per heavy atom. The Hall–Kier alpha value is -0.870. The van der Waals surface area contributed by atoms with Crippen molar-refractivity contribution in [3.63, 3.8) is 0 Å². The van der Waals surface area contributed by atoms with Crippen molar-refractivity contribution in [1.82, 2.24) is 10.2 Å². The number of nitrogens with zero attached hydrogens (tertiary/aromatic N) is 1. The van der Waals surface area contributed by atoms with E-state index in [1.54, 1.807) is 0 Å². The van der Waals surface area contributed by atoms with Crippen LogP contribution < -0.4 is 5.32 Å². The Balaban J connectivity index is 1.50. The van der Waals surface area contributed by atoms with Gasteiger partial charge in [-0.2, -0.15) is 0 Å². The molecular formula is C14H20N2OS. The van der Waals surface area contributed by atoms with Gasteiger partial charge in [0.1, 0.15) is 0 Å². The van der Waals surface area contributed by atoms with Gasteiger partial charge < -0.3 is 5.32 Å². The van der Waals surface area contributed by atoms with E-state index in [0.717, 1.165) is 13.1 Å². The Morgan fingerprint density at radius 3 is 3.06 bits per heavy atom. The number of thiophene rings is 1. The first kappa shape index (κ1) is 12.2. The van der Waals surface area contributed by atoms with Crippen LogP contribution in [0.15, 0.2) is 17.5 Å². The van der Waals surface area contributed by atoms with E-state index in [4.69, 9.17) is 0 Å². The molecule has 2 heterocycles. The lowest BCUT2D eigenvalue weighted by molar-refractivity contribution is -0.121. The number of amides is 1. The van der Waals surface area contributed by atoms with Crippen molar-refractivity contribution >= 4 is 17.2 Å². The number of carbonyl (C=O) groups is 1. The predicted molar refractivity (Wildman–Crippen MR) is 73.6 cm³/mol. The van der Waals surface area contributed by atoms with E-state index >= 15 is 0 Å². The molecule has 0 spiro atoms. The van der Waals surface area contributed by atoms with Crippen LogP contribution in [-0.4, -0.2) is 29.9 Å². The smallest absolute Gasteiger partial charge is 0.221 e. The maximum absolute atomic E-state index is 11.7. The Morgan fingerprint density at radius 1 is 1.44 bits per heavy atom. The Bertz CT molecular complexity index is 400. The Labute approximate surface area is 112 Å². The molecule has 0 radical (unpaired) electrons. The van der Waals surface area contributed by atoms with Crippen molar-refractivity contribution in [1.29, 1.82) is 0 Å². The summed E-state index contributed by atoms with van der Waals surface area (Å²) in [6.45, 7) is 2.04. The van der Waals surface area contributed by atoms with E-state index in [2.05, 4.69) is 27.7 Å². The lowest BCUT2D eigenvalue weighted by Crippen LogP contribution is -2.31. The van der Waals surface area contributed by atoms with Crippen LogP contribution in [0.3, 0.4) is 0 Å². The highest BCUT2D eigenvalue weighted by Crippen LogP contribution is 2.34. The summed E-state index contributed by atoms with van der Waals surface area (Å²) in [5, 5.41) is 5.21. The fourth-order valence-corrected chi connectivity index (χ4v) is 3.56. The van der Waals surface area contributed by atoms with Crippen LogP contribution in [0.4, 0.5) is 0 Å². The van der Waals surface area contributed by atoms with Gasteiger partial charge in [0, 0.05) is 29.9 Å². The van der Waals surface area contributed by atoms with Crippen molar-refractivity contribution in [2.75, 3.05) is 13.1 Å². The van der Waals surface area contributed by atoms with E-state index in [-0.39, 0.29) is 5.91 Å². The molecule has 4 heteroatoms. The second-order valence-corrected chi connectivity index (χ2v) is 6.28. The van der Waals surface area contributed by atoms with E-state index in [1.807, 2.05) is 11.3 Å². The molecule has 2 aliphatic rings. The van der Waals surface area contributed by atoms with Crippen LogP contribution in [0.5, 0.6) is 0 Å². The van der Waals surface area contributed by atoms with Gasteiger partial charge in [0.25, 0.3) is 0 Å². The average molecular weight is 264 g/mol. The molecule has 0 bridgehead atoms. The zero-order chi connectivity index (χ0) is 12.4. The van der Waals surface area contributed by atoms with Gasteiger partial charge in [0.2, 0.25) is 5.91 Å². The van der Waals surface area contributed by atoms with Crippen molar-refractivity contribution < 1.29 is 4.79 Å². The maximum atomic E-state index is 11.7. The third kappa shape index (κ3) is 2.93. The van der Waals surface area contributed by atoms with Gasteiger partial charge in [0.15, 0.2) is 0 Å². The first-order valence-electron chi connectivity index (χ1n) is 6.90. The molecule has 98 valence electrons. The van der Waals surface area contributed by atoms with Gasteiger partial charge in [-0.3, -0.25) is 9.69 Å². The van der Waals surface area contributed by atoms with Gasteiger partial charge in [0.05, 0.1) is 0 Å². The van der Waals surface area contributed by atoms with Crippen LogP contribution >= 0.6 is 11.3 Å². The number of likely N-dealkylation sites (tertiary alicyclic amines) is 1. The maximum Gasteiger partial charge on any atom is 0.221 e. The fourth-order valence-electron chi connectivity index (χ4n) is 2.67. The molecule has 2 fully saturated rings. The second kappa shape index (κ2) is 5.41. The highest BCUT2D eigenvalue weighted by atomic mass is 32.1. The summed E-state index contributed by atoms with van der Waals surface area (Å²) >= 11 is 1.84. The molecule has 3 rings (SSSR count). The third-order valence-electron chi connectivity index (χ3n) is 3.80. The summed E-state index contributed by atoms with van der Waals surface area (Å²) in [5.41, 5.74) is 0. The molecule has 1 atom stereocenters. The first-order valence-corrected chi connectivity index (χ1v) is 7.78. The third-order valence-corrected chi connectivity index (χ3v) is 4.78. The van der Waals surface area contributed by atoms with Crippen LogP contribution in [0, 0.1) is 0 Å². The molecule has 3 nitrogen and oxygen atoms in total. The number of hydrogen-bond acceptors (Lipinski definition) is 3. The SMILES string of the molecule is O=C(CCN1CCC[C@H]1c1cccs1)NC1CC1. The predicted octanol–water partition coefficient (Wildman–Crippen LogP) is 2.55. The summed E-state index contributed by atoms with van der Waals surface area (Å²) in [6.07, 6.45) is 5.50. The van der Waals surface area contributed by atoms with E-state index < -0.39 is 0 Å². The van der Waals surface area contributed by atoms with Crippen LogP contribution in [-0.2, 0) is 4.79 Å². The molecule has 1 saturated heterocycles. The highest BCUT2D eigenvalue weighted by Gasteiger charge is 2.28. The summed E-state index contributed by atoms with van der Waals surface area (Å²) in [5.74, 6) is 0.231. The largest absolute Gasteiger partial charge is 0.353 e. The quantitative estimate of drug-likeness (QED) is 0.886. The number of rotatable bonds is 5. The lowest BCUT2D eigenvalue weighted by Gasteiger charge is -2.23. The minimum atomic E-state index is 0.231. The molecule has 1 N–H and O–H groups in total. The first-order chi connectivity index (χ1) is 8.83.